The second-order valence-corrected chi connectivity index (χ2v) is 5.94. The van der Waals surface area contributed by atoms with Crippen LogP contribution in [0.1, 0.15) is 21.5 Å². The molecule has 3 nitrogen and oxygen atoms in total. The van der Waals surface area contributed by atoms with E-state index in [1.807, 2.05) is 18.2 Å². The number of amides is 1. The number of nitrogens with zero attached hydrogens (tertiary/aromatic N) is 1. The topological polar surface area (TPSA) is 46.3 Å². The van der Waals surface area contributed by atoms with Crippen molar-refractivity contribution in [2.24, 2.45) is 0 Å². The summed E-state index contributed by atoms with van der Waals surface area (Å²) in [6, 6.07) is 9.93. The van der Waals surface area contributed by atoms with Gasteiger partial charge < -0.3 is 10.6 Å². The number of anilines is 1. The van der Waals surface area contributed by atoms with Crippen LogP contribution in [0.2, 0.25) is 0 Å². The number of rotatable bonds is 1. The van der Waals surface area contributed by atoms with Crippen molar-refractivity contribution in [1.29, 1.82) is 0 Å². The maximum atomic E-state index is 13.1. The maximum absolute atomic E-state index is 13.1. The average molecular weight is 349 g/mol. The lowest BCUT2D eigenvalue weighted by atomic mass is 9.97. The highest BCUT2D eigenvalue weighted by atomic mass is 79.9. The third-order valence-corrected chi connectivity index (χ3v) is 4.41. The predicted octanol–water partition coefficient (Wildman–Crippen LogP) is 3.37. The number of halogens is 2. The molecule has 1 heterocycles. The number of nitrogens with two attached hydrogens (primary N) is 1. The summed E-state index contributed by atoms with van der Waals surface area (Å²) >= 11 is 3.25. The molecule has 0 saturated heterocycles. The van der Waals surface area contributed by atoms with Gasteiger partial charge in [0.2, 0.25) is 0 Å². The van der Waals surface area contributed by atoms with Crippen LogP contribution in [0.15, 0.2) is 40.9 Å². The molecular weight excluding hydrogens is 335 g/mol. The summed E-state index contributed by atoms with van der Waals surface area (Å²) in [5, 5.41) is 0. The number of carbonyl (C=O) groups excluding carboxylic acids is 1. The Balaban J connectivity index is 1.89. The van der Waals surface area contributed by atoms with E-state index >= 15 is 0 Å². The molecule has 5 heteroatoms. The smallest absolute Gasteiger partial charge is 0.255 e. The number of hydrogen-bond acceptors (Lipinski definition) is 2. The molecule has 21 heavy (non-hydrogen) atoms. The van der Waals surface area contributed by atoms with Crippen LogP contribution < -0.4 is 5.73 Å². The summed E-state index contributed by atoms with van der Waals surface area (Å²) < 4.78 is 13.6. The van der Waals surface area contributed by atoms with Crippen LogP contribution in [0.5, 0.6) is 0 Å². The predicted molar refractivity (Wildman–Crippen MR) is 83.4 cm³/mol. The minimum absolute atomic E-state index is 0.115. The third-order valence-electron chi connectivity index (χ3n) is 3.76. The first kappa shape index (κ1) is 14.1. The zero-order valence-corrected chi connectivity index (χ0v) is 12.9. The van der Waals surface area contributed by atoms with Gasteiger partial charge in [-0.15, -0.1) is 0 Å². The Morgan fingerprint density at radius 1 is 1.29 bits per heavy atom. The van der Waals surface area contributed by atoms with Crippen molar-refractivity contribution >= 4 is 27.5 Å². The molecule has 1 amide bonds. The first-order chi connectivity index (χ1) is 10.1. The Hall–Kier alpha value is -1.88. The maximum Gasteiger partial charge on any atom is 0.255 e. The summed E-state index contributed by atoms with van der Waals surface area (Å²) in [7, 11) is 0. The van der Waals surface area contributed by atoms with E-state index in [1.54, 1.807) is 4.90 Å². The van der Waals surface area contributed by atoms with E-state index in [-0.39, 0.29) is 11.7 Å². The number of hydrogen-bond donors (Lipinski definition) is 1. The second-order valence-electron chi connectivity index (χ2n) is 5.09. The highest BCUT2D eigenvalue weighted by Crippen LogP contribution is 2.27. The quantitative estimate of drug-likeness (QED) is 0.803. The lowest BCUT2D eigenvalue weighted by molar-refractivity contribution is 0.0734. The SMILES string of the molecule is Nc1cccc2c1CN(C(=O)c1ccc(F)cc1Br)CC2. The van der Waals surface area contributed by atoms with Crippen LogP contribution in [-0.4, -0.2) is 17.4 Å². The standard InChI is InChI=1S/C16H14BrFN2O/c17-14-8-11(18)4-5-12(14)16(21)20-7-6-10-2-1-3-15(19)13(10)9-20/h1-5,8H,6-7,9,19H2. The number of carbonyl (C=O) groups is 1. The summed E-state index contributed by atoms with van der Waals surface area (Å²) in [6.07, 6.45) is 0.783. The van der Waals surface area contributed by atoms with Crippen molar-refractivity contribution < 1.29 is 9.18 Å². The van der Waals surface area contributed by atoms with Gasteiger partial charge in [0.05, 0.1) is 5.56 Å². The van der Waals surface area contributed by atoms with Crippen LogP contribution in [0.4, 0.5) is 10.1 Å². The fourth-order valence-electron chi connectivity index (χ4n) is 2.61. The Kier molecular flexibility index (Phi) is 3.68. The van der Waals surface area contributed by atoms with E-state index in [9.17, 15) is 9.18 Å². The van der Waals surface area contributed by atoms with Crippen molar-refractivity contribution in [2.45, 2.75) is 13.0 Å². The fourth-order valence-corrected chi connectivity index (χ4v) is 3.13. The summed E-state index contributed by atoms with van der Waals surface area (Å²) in [5.41, 5.74) is 9.38. The van der Waals surface area contributed by atoms with E-state index in [4.69, 9.17) is 5.73 Å². The first-order valence-electron chi connectivity index (χ1n) is 6.67. The number of fused-ring (bicyclic) bond motifs is 1. The van der Waals surface area contributed by atoms with Gasteiger partial charge >= 0.3 is 0 Å². The molecule has 0 saturated carbocycles. The van der Waals surface area contributed by atoms with Gasteiger partial charge in [-0.05, 0) is 57.7 Å². The average Bonchev–Trinajstić information content (AvgIpc) is 2.47. The minimum atomic E-state index is -0.369. The van der Waals surface area contributed by atoms with Crippen LogP contribution in [0.25, 0.3) is 0 Å². The monoisotopic (exact) mass is 348 g/mol. The normalized spacial score (nSPS) is 13.9. The Morgan fingerprint density at radius 3 is 2.86 bits per heavy atom. The number of benzene rings is 2. The minimum Gasteiger partial charge on any atom is -0.398 e. The third kappa shape index (κ3) is 2.65. The molecule has 0 aromatic heterocycles. The Labute approximate surface area is 130 Å². The summed E-state index contributed by atoms with van der Waals surface area (Å²) in [5.74, 6) is -0.484. The van der Waals surface area contributed by atoms with Gasteiger partial charge in [-0.25, -0.2) is 4.39 Å². The zero-order valence-electron chi connectivity index (χ0n) is 11.3. The van der Waals surface area contributed by atoms with Gasteiger partial charge in [0.1, 0.15) is 5.82 Å². The van der Waals surface area contributed by atoms with Crippen molar-refractivity contribution in [1.82, 2.24) is 4.90 Å². The molecule has 0 bridgehead atoms. The molecule has 2 aromatic rings. The molecule has 108 valence electrons. The van der Waals surface area contributed by atoms with Crippen LogP contribution in [-0.2, 0) is 13.0 Å². The van der Waals surface area contributed by atoms with Crippen molar-refractivity contribution in [3.05, 3.63) is 63.4 Å². The van der Waals surface area contributed by atoms with Gasteiger partial charge in [0.15, 0.2) is 0 Å². The first-order valence-corrected chi connectivity index (χ1v) is 7.46. The number of nitrogen functional groups attached to an aromatic ring is 1. The largest absolute Gasteiger partial charge is 0.398 e. The van der Waals surface area contributed by atoms with Gasteiger partial charge in [-0.2, -0.15) is 0 Å². The van der Waals surface area contributed by atoms with E-state index < -0.39 is 0 Å². The van der Waals surface area contributed by atoms with Crippen LogP contribution in [0, 0.1) is 5.82 Å². The van der Waals surface area contributed by atoms with E-state index in [1.165, 1.54) is 23.8 Å². The van der Waals surface area contributed by atoms with Gasteiger partial charge in [0, 0.05) is 23.2 Å². The summed E-state index contributed by atoms with van der Waals surface area (Å²) in [6.45, 7) is 1.13. The molecule has 0 fully saturated rings. The van der Waals surface area contributed by atoms with Crippen LogP contribution in [0.3, 0.4) is 0 Å². The van der Waals surface area contributed by atoms with E-state index in [0.29, 0.717) is 28.8 Å². The van der Waals surface area contributed by atoms with Gasteiger partial charge in [-0.1, -0.05) is 12.1 Å². The molecular formula is C16H14BrFN2O. The molecule has 1 aliphatic rings. The molecule has 0 unspecified atom stereocenters. The van der Waals surface area contributed by atoms with Crippen molar-refractivity contribution in [3.8, 4) is 0 Å². The van der Waals surface area contributed by atoms with E-state index in [2.05, 4.69) is 15.9 Å². The Bertz CT molecular complexity index is 717. The van der Waals surface area contributed by atoms with Gasteiger partial charge in [-0.3, -0.25) is 4.79 Å². The lowest BCUT2D eigenvalue weighted by Crippen LogP contribution is -2.36. The fraction of sp³-hybridized carbons (Fsp3) is 0.188. The molecule has 3 rings (SSSR count). The molecule has 0 aliphatic carbocycles. The van der Waals surface area contributed by atoms with E-state index in [0.717, 1.165) is 12.0 Å². The lowest BCUT2D eigenvalue weighted by Gasteiger charge is -2.30. The second kappa shape index (κ2) is 5.48. The zero-order chi connectivity index (χ0) is 15.0. The molecule has 0 radical (unpaired) electrons. The Morgan fingerprint density at radius 2 is 2.10 bits per heavy atom. The molecule has 0 spiro atoms. The van der Waals surface area contributed by atoms with Crippen molar-refractivity contribution in [3.63, 3.8) is 0 Å². The highest BCUT2D eigenvalue weighted by molar-refractivity contribution is 9.10. The van der Waals surface area contributed by atoms with Crippen molar-refractivity contribution in [2.75, 3.05) is 12.3 Å². The van der Waals surface area contributed by atoms with Gasteiger partial charge in [0.25, 0.3) is 5.91 Å². The molecule has 2 N–H and O–H groups in total. The highest BCUT2D eigenvalue weighted by Gasteiger charge is 2.24. The van der Waals surface area contributed by atoms with Crippen LogP contribution >= 0.6 is 15.9 Å². The summed E-state index contributed by atoms with van der Waals surface area (Å²) in [4.78, 5) is 14.3. The molecule has 1 aliphatic heterocycles. The molecule has 2 aromatic carbocycles. The molecule has 0 atom stereocenters.